The number of hydrogen-bond acceptors (Lipinski definition) is 3. The number of para-hydroxylation sites is 1. The van der Waals surface area contributed by atoms with Crippen molar-refractivity contribution in [1.82, 2.24) is 0 Å². The largest absolute Gasteiger partial charge is 0.507 e. The highest BCUT2D eigenvalue weighted by atomic mass is 16.3. The van der Waals surface area contributed by atoms with Gasteiger partial charge in [0.2, 0.25) is 6.08 Å². The maximum Gasteiger partial charge on any atom is 0.235 e. The summed E-state index contributed by atoms with van der Waals surface area (Å²) in [5, 5.41) is 10.3. The number of rotatable bonds is 3. The van der Waals surface area contributed by atoms with Crippen LogP contribution in [0.25, 0.3) is 0 Å². The van der Waals surface area contributed by atoms with Crippen LogP contribution in [0.15, 0.2) is 23.2 Å². The highest BCUT2D eigenvalue weighted by Crippen LogP contribution is 2.49. The van der Waals surface area contributed by atoms with Crippen LogP contribution in [0.2, 0.25) is 0 Å². The van der Waals surface area contributed by atoms with Gasteiger partial charge in [-0.2, -0.15) is 4.99 Å². The van der Waals surface area contributed by atoms with E-state index in [0.29, 0.717) is 5.75 Å². The molecule has 0 heterocycles. The second kappa shape index (κ2) is 4.34. The van der Waals surface area contributed by atoms with Crippen LogP contribution in [0.3, 0.4) is 0 Å². The number of carbonyl (C=O) groups excluding carboxylic acids is 1. The first kappa shape index (κ1) is 11.9. The standard InChI is InChI=1S/C14H17NO2/c1-10(2)11-5-3-6-12(13(11)17)14(15-9-16)7-4-8-14/h3,5-6,10,17H,4,7-8H2,1-2H3. The molecule has 1 aliphatic rings. The predicted molar refractivity (Wildman–Crippen MR) is 65.8 cm³/mol. The summed E-state index contributed by atoms with van der Waals surface area (Å²) in [5.74, 6) is 0.550. The molecule has 1 aliphatic carbocycles. The summed E-state index contributed by atoms with van der Waals surface area (Å²) in [4.78, 5) is 14.5. The van der Waals surface area contributed by atoms with Gasteiger partial charge >= 0.3 is 0 Å². The Balaban J connectivity index is 2.52. The van der Waals surface area contributed by atoms with Gasteiger partial charge in [0.1, 0.15) is 11.3 Å². The van der Waals surface area contributed by atoms with Gasteiger partial charge in [0.05, 0.1) is 0 Å². The molecular formula is C14H17NO2. The number of phenolic OH excluding ortho intramolecular Hbond substituents is 1. The molecule has 3 nitrogen and oxygen atoms in total. The van der Waals surface area contributed by atoms with E-state index in [1.807, 2.05) is 32.0 Å². The first-order chi connectivity index (χ1) is 8.10. The molecule has 0 amide bonds. The minimum Gasteiger partial charge on any atom is -0.507 e. The van der Waals surface area contributed by atoms with Crippen LogP contribution < -0.4 is 0 Å². The zero-order valence-corrected chi connectivity index (χ0v) is 10.2. The quantitative estimate of drug-likeness (QED) is 0.641. The van der Waals surface area contributed by atoms with Crippen molar-refractivity contribution in [2.75, 3.05) is 0 Å². The third kappa shape index (κ3) is 1.87. The molecule has 0 saturated heterocycles. The molecule has 17 heavy (non-hydrogen) atoms. The maximum absolute atomic E-state index is 10.5. The van der Waals surface area contributed by atoms with E-state index in [9.17, 15) is 9.90 Å². The molecular weight excluding hydrogens is 214 g/mol. The van der Waals surface area contributed by atoms with Gasteiger partial charge in [0, 0.05) is 5.56 Å². The van der Waals surface area contributed by atoms with E-state index in [0.717, 1.165) is 30.4 Å². The molecule has 0 unspecified atom stereocenters. The Kier molecular flexibility index (Phi) is 3.03. The van der Waals surface area contributed by atoms with E-state index in [1.54, 1.807) is 6.08 Å². The second-order valence-electron chi connectivity index (χ2n) is 4.99. The van der Waals surface area contributed by atoms with Gasteiger partial charge in [0.15, 0.2) is 0 Å². The second-order valence-corrected chi connectivity index (χ2v) is 4.99. The number of aromatic hydroxyl groups is 1. The molecule has 0 aromatic heterocycles. The Morgan fingerprint density at radius 1 is 1.41 bits per heavy atom. The SMILES string of the molecule is CC(C)c1cccc(C2(N=C=O)CCC2)c1O. The van der Waals surface area contributed by atoms with E-state index < -0.39 is 5.54 Å². The van der Waals surface area contributed by atoms with Gasteiger partial charge in [-0.15, -0.1) is 0 Å². The minimum atomic E-state index is -0.517. The number of nitrogens with zero attached hydrogens (tertiary/aromatic N) is 1. The third-order valence-electron chi connectivity index (χ3n) is 3.63. The van der Waals surface area contributed by atoms with Crippen LogP contribution in [-0.4, -0.2) is 11.2 Å². The van der Waals surface area contributed by atoms with Crippen LogP contribution in [0.4, 0.5) is 0 Å². The Bertz CT molecular complexity index is 469. The van der Waals surface area contributed by atoms with Crippen LogP contribution in [0, 0.1) is 0 Å². The lowest BCUT2D eigenvalue weighted by Gasteiger charge is -2.37. The number of phenols is 1. The maximum atomic E-state index is 10.5. The lowest BCUT2D eigenvalue weighted by atomic mass is 9.71. The van der Waals surface area contributed by atoms with Gasteiger partial charge < -0.3 is 5.11 Å². The van der Waals surface area contributed by atoms with Crippen LogP contribution >= 0.6 is 0 Å². The Labute approximate surface area is 101 Å². The summed E-state index contributed by atoms with van der Waals surface area (Å²) in [6.45, 7) is 4.07. The average molecular weight is 231 g/mol. The van der Waals surface area contributed by atoms with E-state index >= 15 is 0 Å². The molecule has 0 atom stereocenters. The molecule has 1 fully saturated rings. The van der Waals surface area contributed by atoms with Crippen molar-refractivity contribution in [2.45, 2.75) is 44.6 Å². The number of aliphatic imine (C=N–C) groups is 1. The van der Waals surface area contributed by atoms with Crippen molar-refractivity contribution < 1.29 is 9.90 Å². The highest BCUT2D eigenvalue weighted by molar-refractivity contribution is 5.49. The van der Waals surface area contributed by atoms with Crippen LogP contribution in [0.5, 0.6) is 5.75 Å². The van der Waals surface area contributed by atoms with Crippen LogP contribution in [-0.2, 0) is 10.3 Å². The summed E-state index contributed by atoms with van der Waals surface area (Å²) in [6.07, 6.45) is 4.32. The van der Waals surface area contributed by atoms with Gasteiger partial charge in [-0.3, -0.25) is 0 Å². The molecule has 2 rings (SSSR count). The molecule has 1 saturated carbocycles. The van der Waals surface area contributed by atoms with Crippen molar-refractivity contribution in [2.24, 2.45) is 4.99 Å². The molecule has 90 valence electrons. The summed E-state index contributed by atoms with van der Waals surface area (Å²) in [5.41, 5.74) is 1.17. The highest BCUT2D eigenvalue weighted by Gasteiger charge is 2.41. The van der Waals surface area contributed by atoms with Crippen molar-refractivity contribution in [3.63, 3.8) is 0 Å². The fourth-order valence-corrected chi connectivity index (χ4v) is 2.44. The summed E-state index contributed by atoms with van der Waals surface area (Å²) < 4.78 is 0. The molecule has 0 bridgehead atoms. The Morgan fingerprint density at radius 3 is 2.59 bits per heavy atom. The van der Waals surface area contributed by atoms with Gasteiger partial charge in [-0.25, -0.2) is 4.79 Å². The van der Waals surface area contributed by atoms with Crippen molar-refractivity contribution >= 4 is 6.08 Å². The lowest BCUT2D eigenvalue weighted by Crippen LogP contribution is -2.32. The number of hydrogen-bond donors (Lipinski definition) is 1. The fraction of sp³-hybridized carbons (Fsp3) is 0.500. The third-order valence-corrected chi connectivity index (χ3v) is 3.63. The monoisotopic (exact) mass is 231 g/mol. The Hall–Kier alpha value is -1.60. The lowest BCUT2D eigenvalue weighted by molar-refractivity contribution is 0.247. The first-order valence-corrected chi connectivity index (χ1v) is 6.02. The molecule has 0 spiro atoms. The van der Waals surface area contributed by atoms with E-state index in [1.165, 1.54) is 0 Å². The zero-order valence-electron chi connectivity index (χ0n) is 10.2. The van der Waals surface area contributed by atoms with Gasteiger partial charge in [0.25, 0.3) is 0 Å². The Morgan fingerprint density at radius 2 is 2.12 bits per heavy atom. The van der Waals surface area contributed by atoms with Gasteiger partial charge in [-0.05, 0) is 30.7 Å². The molecule has 0 aliphatic heterocycles. The van der Waals surface area contributed by atoms with Crippen molar-refractivity contribution in [3.8, 4) is 5.75 Å². The van der Waals surface area contributed by atoms with E-state index in [4.69, 9.17) is 0 Å². The molecule has 0 radical (unpaired) electrons. The first-order valence-electron chi connectivity index (χ1n) is 6.02. The smallest absolute Gasteiger partial charge is 0.235 e. The molecule has 1 N–H and O–H groups in total. The summed E-state index contributed by atoms with van der Waals surface area (Å²) >= 11 is 0. The molecule has 1 aromatic carbocycles. The summed E-state index contributed by atoms with van der Waals surface area (Å²) in [7, 11) is 0. The normalized spacial score (nSPS) is 17.4. The van der Waals surface area contributed by atoms with Crippen molar-refractivity contribution in [1.29, 1.82) is 0 Å². The van der Waals surface area contributed by atoms with Crippen molar-refractivity contribution in [3.05, 3.63) is 29.3 Å². The fourth-order valence-electron chi connectivity index (χ4n) is 2.44. The molecule has 3 heteroatoms. The van der Waals surface area contributed by atoms with Gasteiger partial charge in [-0.1, -0.05) is 32.0 Å². The van der Waals surface area contributed by atoms with E-state index in [-0.39, 0.29) is 5.92 Å². The topological polar surface area (TPSA) is 49.7 Å². The number of benzene rings is 1. The molecule has 1 aromatic rings. The van der Waals surface area contributed by atoms with Crippen LogP contribution in [0.1, 0.15) is 50.2 Å². The summed E-state index contributed by atoms with van der Waals surface area (Å²) in [6, 6.07) is 5.70. The average Bonchev–Trinajstić information content (AvgIpc) is 2.24. The zero-order chi connectivity index (χ0) is 12.5. The number of isocyanates is 1. The minimum absolute atomic E-state index is 0.257. The van der Waals surface area contributed by atoms with E-state index in [2.05, 4.69) is 4.99 Å². The predicted octanol–water partition coefficient (Wildman–Crippen LogP) is 3.23.